The Bertz CT molecular complexity index is 1130. The summed E-state index contributed by atoms with van der Waals surface area (Å²) < 4.78 is 7.73. The average Bonchev–Trinajstić information content (AvgIpc) is 3.27. The van der Waals surface area contributed by atoms with Gasteiger partial charge in [0, 0.05) is 43.6 Å². The lowest BCUT2D eigenvalue weighted by Gasteiger charge is -2.34. The van der Waals surface area contributed by atoms with Gasteiger partial charge in [-0.05, 0) is 29.8 Å². The number of rotatable bonds is 3. The number of pyridine rings is 1. The summed E-state index contributed by atoms with van der Waals surface area (Å²) in [7, 11) is 0. The van der Waals surface area contributed by atoms with Gasteiger partial charge in [0.15, 0.2) is 5.69 Å². The molecule has 0 aliphatic carbocycles. The molecule has 4 heterocycles. The van der Waals surface area contributed by atoms with Gasteiger partial charge in [0.05, 0.1) is 24.4 Å². The lowest BCUT2D eigenvalue weighted by atomic mass is 10.1. The molecule has 2 aliphatic heterocycles. The SMILES string of the molecule is O=C(c1cccnc1)N1CCN(C(=O)c2nnn3c2CO[C@@H](c2ccc(Cl)cc2)C3)CC1. The summed E-state index contributed by atoms with van der Waals surface area (Å²) in [5, 5.41) is 9.01. The van der Waals surface area contributed by atoms with E-state index in [-0.39, 0.29) is 24.5 Å². The molecule has 1 saturated heterocycles. The quantitative estimate of drug-likeness (QED) is 0.604. The zero-order chi connectivity index (χ0) is 22.1. The van der Waals surface area contributed by atoms with Crippen LogP contribution in [0.4, 0.5) is 0 Å². The number of ether oxygens (including phenoxy) is 1. The fourth-order valence-electron chi connectivity index (χ4n) is 3.99. The van der Waals surface area contributed by atoms with Crippen LogP contribution in [0, 0.1) is 0 Å². The Hall–Kier alpha value is -3.30. The highest BCUT2D eigenvalue weighted by Gasteiger charge is 2.32. The van der Waals surface area contributed by atoms with Crippen LogP contribution in [0.15, 0.2) is 48.8 Å². The van der Waals surface area contributed by atoms with Crippen molar-refractivity contribution in [2.75, 3.05) is 26.2 Å². The van der Waals surface area contributed by atoms with E-state index in [1.807, 2.05) is 24.3 Å². The Morgan fingerprint density at radius 3 is 2.41 bits per heavy atom. The number of amides is 2. The van der Waals surface area contributed by atoms with E-state index < -0.39 is 0 Å². The van der Waals surface area contributed by atoms with Gasteiger partial charge in [0.2, 0.25) is 0 Å². The summed E-state index contributed by atoms with van der Waals surface area (Å²) in [6.07, 6.45) is 3.01. The van der Waals surface area contributed by atoms with E-state index in [9.17, 15) is 9.59 Å². The Morgan fingerprint density at radius 2 is 1.72 bits per heavy atom. The maximum atomic E-state index is 13.1. The van der Waals surface area contributed by atoms with Gasteiger partial charge in [-0.1, -0.05) is 28.9 Å². The Kier molecular flexibility index (Phi) is 5.59. The van der Waals surface area contributed by atoms with Crippen LogP contribution in [0.25, 0.3) is 0 Å². The monoisotopic (exact) mass is 452 g/mol. The predicted molar refractivity (Wildman–Crippen MR) is 115 cm³/mol. The van der Waals surface area contributed by atoms with Crippen LogP contribution < -0.4 is 0 Å². The molecule has 0 saturated carbocycles. The molecule has 0 unspecified atom stereocenters. The highest BCUT2D eigenvalue weighted by Crippen LogP contribution is 2.28. The highest BCUT2D eigenvalue weighted by atomic mass is 35.5. The largest absolute Gasteiger partial charge is 0.365 e. The normalized spacial score (nSPS) is 18.3. The third-order valence-corrected chi connectivity index (χ3v) is 6.06. The first-order valence-corrected chi connectivity index (χ1v) is 10.8. The van der Waals surface area contributed by atoms with Crippen LogP contribution in [0.5, 0.6) is 0 Å². The number of nitrogens with zero attached hydrogens (tertiary/aromatic N) is 6. The lowest BCUT2D eigenvalue weighted by Crippen LogP contribution is -2.50. The van der Waals surface area contributed by atoms with Gasteiger partial charge in [-0.2, -0.15) is 0 Å². The lowest BCUT2D eigenvalue weighted by molar-refractivity contribution is -0.00202. The summed E-state index contributed by atoms with van der Waals surface area (Å²) >= 11 is 5.97. The molecule has 0 N–H and O–H groups in total. The van der Waals surface area contributed by atoms with E-state index >= 15 is 0 Å². The number of fused-ring (bicyclic) bond motifs is 1. The van der Waals surface area contributed by atoms with E-state index in [0.29, 0.717) is 54.7 Å². The zero-order valence-corrected chi connectivity index (χ0v) is 18.0. The molecular weight excluding hydrogens is 432 g/mol. The molecule has 0 radical (unpaired) electrons. The van der Waals surface area contributed by atoms with Crippen molar-refractivity contribution in [3.05, 3.63) is 76.3 Å². The number of halogens is 1. The minimum Gasteiger partial charge on any atom is -0.365 e. The van der Waals surface area contributed by atoms with Crippen molar-refractivity contribution in [3.63, 3.8) is 0 Å². The predicted octanol–water partition coefficient (Wildman–Crippen LogP) is 2.20. The second-order valence-electron chi connectivity index (χ2n) is 7.74. The van der Waals surface area contributed by atoms with Gasteiger partial charge in [-0.3, -0.25) is 14.6 Å². The van der Waals surface area contributed by atoms with Crippen molar-refractivity contribution >= 4 is 23.4 Å². The molecule has 2 amide bonds. The molecule has 10 heteroatoms. The molecule has 1 fully saturated rings. The molecule has 32 heavy (non-hydrogen) atoms. The van der Waals surface area contributed by atoms with E-state index in [0.717, 1.165) is 5.56 Å². The van der Waals surface area contributed by atoms with Gasteiger partial charge in [-0.25, -0.2) is 4.68 Å². The Morgan fingerprint density at radius 1 is 1.00 bits per heavy atom. The van der Waals surface area contributed by atoms with Gasteiger partial charge in [0.25, 0.3) is 11.8 Å². The molecule has 5 rings (SSSR count). The first kappa shape index (κ1) is 20.6. The third kappa shape index (κ3) is 3.96. The maximum Gasteiger partial charge on any atom is 0.276 e. The van der Waals surface area contributed by atoms with Gasteiger partial charge in [0.1, 0.15) is 6.10 Å². The Labute approximate surface area is 189 Å². The molecule has 2 aliphatic rings. The molecule has 3 aromatic rings. The molecule has 164 valence electrons. The van der Waals surface area contributed by atoms with Crippen molar-refractivity contribution in [2.45, 2.75) is 19.3 Å². The second kappa shape index (κ2) is 8.68. The van der Waals surface area contributed by atoms with E-state index in [1.165, 1.54) is 0 Å². The number of carbonyl (C=O) groups is 2. The van der Waals surface area contributed by atoms with Crippen LogP contribution in [-0.2, 0) is 17.9 Å². The molecule has 0 spiro atoms. The van der Waals surface area contributed by atoms with Crippen LogP contribution >= 0.6 is 11.6 Å². The minimum atomic E-state index is -0.187. The number of hydrogen-bond donors (Lipinski definition) is 0. The number of hydrogen-bond acceptors (Lipinski definition) is 6. The van der Waals surface area contributed by atoms with Crippen LogP contribution in [-0.4, -0.2) is 67.8 Å². The summed E-state index contributed by atoms with van der Waals surface area (Å²) in [5.41, 5.74) is 2.53. The van der Waals surface area contributed by atoms with Crippen molar-refractivity contribution in [1.29, 1.82) is 0 Å². The third-order valence-electron chi connectivity index (χ3n) is 5.80. The summed E-state index contributed by atoms with van der Waals surface area (Å²) in [6, 6.07) is 11.0. The number of aromatic nitrogens is 4. The molecule has 1 aromatic carbocycles. The smallest absolute Gasteiger partial charge is 0.276 e. The first-order valence-electron chi connectivity index (χ1n) is 10.4. The highest BCUT2D eigenvalue weighted by molar-refractivity contribution is 6.30. The molecular formula is C22H21ClN6O3. The molecule has 1 atom stereocenters. The van der Waals surface area contributed by atoms with Crippen LogP contribution in [0.3, 0.4) is 0 Å². The van der Waals surface area contributed by atoms with E-state index in [4.69, 9.17) is 16.3 Å². The first-order chi connectivity index (χ1) is 15.6. The van der Waals surface area contributed by atoms with E-state index in [1.54, 1.807) is 39.0 Å². The van der Waals surface area contributed by atoms with E-state index in [2.05, 4.69) is 15.3 Å². The summed E-state index contributed by atoms with van der Waals surface area (Å²) in [5.74, 6) is -0.263. The number of carbonyl (C=O) groups excluding carboxylic acids is 2. The standard InChI is InChI=1S/C22H21ClN6O3/c23-17-5-3-15(4-6-17)19-13-29-18(14-32-19)20(25-26-29)22(31)28-10-8-27(9-11-28)21(30)16-2-1-7-24-12-16/h1-7,12,19H,8-11,13-14H2/t19-/m1/s1. The molecule has 9 nitrogen and oxygen atoms in total. The second-order valence-corrected chi connectivity index (χ2v) is 8.18. The minimum absolute atomic E-state index is 0.0760. The fraction of sp³-hybridized carbons (Fsp3) is 0.318. The summed E-state index contributed by atoms with van der Waals surface area (Å²) in [6.45, 7) is 2.51. The zero-order valence-electron chi connectivity index (χ0n) is 17.2. The summed E-state index contributed by atoms with van der Waals surface area (Å²) in [4.78, 5) is 33.1. The van der Waals surface area contributed by atoms with Crippen LogP contribution in [0.2, 0.25) is 5.02 Å². The van der Waals surface area contributed by atoms with Crippen molar-refractivity contribution < 1.29 is 14.3 Å². The van der Waals surface area contributed by atoms with Crippen molar-refractivity contribution in [1.82, 2.24) is 29.8 Å². The maximum absolute atomic E-state index is 13.1. The van der Waals surface area contributed by atoms with Crippen molar-refractivity contribution in [2.24, 2.45) is 0 Å². The van der Waals surface area contributed by atoms with Crippen LogP contribution in [0.1, 0.15) is 38.2 Å². The number of piperazine rings is 1. The van der Waals surface area contributed by atoms with Gasteiger partial charge in [-0.15, -0.1) is 5.10 Å². The fourth-order valence-corrected chi connectivity index (χ4v) is 4.12. The van der Waals surface area contributed by atoms with Gasteiger partial charge < -0.3 is 14.5 Å². The average molecular weight is 453 g/mol. The Balaban J connectivity index is 1.23. The van der Waals surface area contributed by atoms with Gasteiger partial charge >= 0.3 is 0 Å². The molecule has 0 bridgehead atoms. The molecule has 2 aromatic heterocycles. The van der Waals surface area contributed by atoms with Crippen molar-refractivity contribution in [3.8, 4) is 0 Å². The number of benzene rings is 1. The topological polar surface area (TPSA) is 93.5 Å².